The molecule has 0 bridgehead atoms. The number of aromatic nitrogens is 2. The number of benzene rings is 3. The topological polar surface area (TPSA) is 38.9 Å². The van der Waals surface area contributed by atoms with E-state index in [-0.39, 0.29) is 72.1 Å². The first kappa shape index (κ1) is 17.8. The predicted molar refractivity (Wildman–Crippen MR) is 150 cm³/mol. The molecule has 191 valence electrons. The molecule has 3 nitrogen and oxygen atoms in total. The Bertz CT molecular complexity index is 2060. The first-order chi connectivity index (χ1) is 21.6. The molecule has 3 aromatic heterocycles. The summed E-state index contributed by atoms with van der Waals surface area (Å²) < 4.78 is 68.8. The van der Waals surface area contributed by atoms with E-state index >= 15 is 0 Å². The van der Waals surface area contributed by atoms with Crippen molar-refractivity contribution in [3.05, 3.63) is 120 Å². The van der Waals surface area contributed by atoms with Crippen molar-refractivity contribution in [1.29, 1.82) is 0 Å². The Labute approximate surface area is 248 Å². The first-order valence-corrected chi connectivity index (χ1v) is 12.3. The SMILES string of the molecule is Cc1ccc(-c2[c-]cc(C3CCCC3)cc2)nc1.[2H]c1nc(-c2[c-]ccc3c2oc2c([2H])c([2H])c([2H])c([2H])c23)c([2H])c([2H])c1[2H].[Ir]. The Hall–Kier alpha value is -3.59. The molecule has 0 amide bonds. The van der Waals surface area contributed by atoms with Crippen LogP contribution < -0.4 is 0 Å². The Morgan fingerprint density at radius 1 is 0.868 bits per heavy atom. The molecule has 0 saturated heterocycles. The van der Waals surface area contributed by atoms with Gasteiger partial charge in [0.25, 0.3) is 0 Å². The second kappa shape index (κ2) is 11.9. The van der Waals surface area contributed by atoms with Gasteiger partial charge in [0, 0.05) is 37.9 Å². The van der Waals surface area contributed by atoms with Gasteiger partial charge in [-0.25, -0.2) is 0 Å². The third-order valence-corrected chi connectivity index (χ3v) is 6.63. The van der Waals surface area contributed by atoms with Crippen LogP contribution in [0.3, 0.4) is 0 Å². The number of aryl methyl sites for hydroxylation is 1. The Morgan fingerprint density at radius 2 is 1.71 bits per heavy atom. The third-order valence-electron chi connectivity index (χ3n) is 6.63. The summed E-state index contributed by atoms with van der Waals surface area (Å²) in [7, 11) is 0. The maximum absolute atomic E-state index is 8.14. The van der Waals surface area contributed by atoms with Crippen molar-refractivity contribution >= 4 is 21.9 Å². The van der Waals surface area contributed by atoms with Gasteiger partial charge in [-0.1, -0.05) is 84.9 Å². The number of pyridine rings is 2. The van der Waals surface area contributed by atoms with Gasteiger partial charge >= 0.3 is 0 Å². The van der Waals surface area contributed by atoms with E-state index in [1.807, 2.05) is 6.20 Å². The van der Waals surface area contributed by atoms with Crippen molar-refractivity contribution in [3.63, 3.8) is 0 Å². The minimum Gasteiger partial charge on any atom is -0.501 e. The van der Waals surface area contributed by atoms with Gasteiger partial charge in [-0.15, -0.1) is 53.6 Å². The van der Waals surface area contributed by atoms with E-state index in [1.165, 1.54) is 42.9 Å². The maximum atomic E-state index is 8.14. The quantitative estimate of drug-likeness (QED) is 0.175. The number of fused-ring (bicyclic) bond motifs is 3. The van der Waals surface area contributed by atoms with Gasteiger partial charge < -0.3 is 14.4 Å². The zero-order valence-electron chi connectivity index (χ0n) is 28.7. The van der Waals surface area contributed by atoms with Gasteiger partial charge in [0.15, 0.2) is 0 Å². The molecule has 1 aliphatic carbocycles. The molecule has 0 N–H and O–H groups in total. The van der Waals surface area contributed by atoms with Crippen molar-refractivity contribution in [1.82, 2.24) is 9.97 Å². The van der Waals surface area contributed by atoms with Crippen LogP contribution in [0.25, 0.3) is 44.5 Å². The van der Waals surface area contributed by atoms with Crippen molar-refractivity contribution in [2.24, 2.45) is 0 Å². The molecule has 1 radical (unpaired) electrons. The minimum atomic E-state index is -0.461. The number of hydrogen-bond acceptors (Lipinski definition) is 3. The molecule has 1 fully saturated rings. The molecule has 1 saturated carbocycles. The normalized spacial score (nSPS) is 16.1. The fourth-order valence-electron chi connectivity index (χ4n) is 4.72. The van der Waals surface area contributed by atoms with Crippen molar-refractivity contribution < 1.29 is 35.5 Å². The van der Waals surface area contributed by atoms with Crippen LogP contribution >= 0.6 is 0 Å². The Morgan fingerprint density at radius 3 is 2.50 bits per heavy atom. The summed E-state index contributed by atoms with van der Waals surface area (Å²) in [6, 6.07) is 17.4. The minimum absolute atomic E-state index is 0. The van der Waals surface area contributed by atoms with E-state index in [0.717, 1.165) is 17.2 Å². The smallest absolute Gasteiger partial charge is 0.120 e. The average molecular weight is 681 g/mol. The first-order valence-electron chi connectivity index (χ1n) is 16.3. The fraction of sp³-hybridized carbons (Fsp3) is 0.176. The number of rotatable bonds is 3. The number of para-hydroxylation sites is 1. The van der Waals surface area contributed by atoms with Crippen molar-refractivity contribution in [2.75, 3.05) is 0 Å². The summed E-state index contributed by atoms with van der Waals surface area (Å²) in [6.07, 6.45) is 6.90. The fourth-order valence-corrected chi connectivity index (χ4v) is 4.72. The largest absolute Gasteiger partial charge is 0.501 e. The van der Waals surface area contributed by atoms with Crippen LogP contribution in [0, 0.1) is 19.1 Å². The van der Waals surface area contributed by atoms with Gasteiger partial charge in [0.1, 0.15) is 5.58 Å². The summed E-state index contributed by atoms with van der Waals surface area (Å²) in [4.78, 5) is 8.36. The van der Waals surface area contributed by atoms with E-state index in [4.69, 9.17) is 15.4 Å². The molecule has 3 aromatic carbocycles. The second-order valence-corrected chi connectivity index (χ2v) is 9.09. The number of furan rings is 1. The molecule has 1 aliphatic rings. The van der Waals surface area contributed by atoms with Gasteiger partial charge in [-0.05, 0) is 36.0 Å². The van der Waals surface area contributed by atoms with E-state index in [0.29, 0.717) is 5.39 Å². The summed E-state index contributed by atoms with van der Waals surface area (Å²) in [5, 5.41) is 0.590. The molecule has 0 aliphatic heterocycles. The van der Waals surface area contributed by atoms with Crippen molar-refractivity contribution in [2.45, 2.75) is 38.5 Å². The van der Waals surface area contributed by atoms with E-state index in [2.05, 4.69) is 59.4 Å². The van der Waals surface area contributed by atoms with Crippen LogP contribution in [-0.4, -0.2) is 9.97 Å². The van der Waals surface area contributed by atoms with Gasteiger partial charge in [0.2, 0.25) is 0 Å². The molecular weight excluding hydrogens is 645 g/mol. The molecule has 0 spiro atoms. The third kappa shape index (κ3) is 5.48. The second-order valence-electron chi connectivity index (χ2n) is 9.09. The average Bonchev–Trinajstić information content (AvgIpc) is 3.73. The molecule has 7 rings (SSSR count). The Balaban J connectivity index is 0.000000191. The zero-order valence-corrected chi connectivity index (χ0v) is 23.1. The number of hydrogen-bond donors (Lipinski definition) is 0. The predicted octanol–water partition coefficient (Wildman–Crippen LogP) is 8.96. The van der Waals surface area contributed by atoms with E-state index in [9.17, 15) is 0 Å². The zero-order chi connectivity index (χ0) is 32.0. The van der Waals surface area contributed by atoms with E-state index < -0.39 is 24.3 Å². The molecule has 6 aromatic rings. The molecule has 4 heteroatoms. The van der Waals surface area contributed by atoms with Gasteiger partial charge in [-0.2, -0.15) is 0 Å². The monoisotopic (exact) mass is 681 g/mol. The van der Waals surface area contributed by atoms with Gasteiger partial charge in [0.05, 0.1) is 16.5 Å². The van der Waals surface area contributed by atoms with Crippen LogP contribution in [0.1, 0.15) is 53.7 Å². The molecule has 3 heterocycles. The standard InChI is InChI=1S/C17H10NO.C17H18N.Ir/c1-2-10-16-12(6-1)13-7-5-8-14(17(13)19-16)15-9-3-4-11-18-15;1-13-6-11-17(18-12-13)16-9-7-15(8-10-16)14-4-2-3-5-14;/h1-7,9-11H;6-9,11-12,14H,2-5H2,1H3;/q2*-1;/i1D,2D,3D,4D,6D,9D,10D,11D;;. The summed E-state index contributed by atoms with van der Waals surface area (Å²) in [6.45, 7) is 2.06. The van der Waals surface area contributed by atoms with Crippen LogP contribution in [0.4, 0.5) is 0 Å². The van der Waals surface area contributed by atoms with Crippen LogP contribution in [0.5, 0.6) is 0 Å². The molecule has 0 unspecified atom stereocenters. The van der Waals surface area contributed by atoms with Crippen LogP contribution in [0.2, 0.25) is 0 Å². The Kier molecular flexibility index (Phi) is 5.56. The summed E-state index contributed by atoms with van der Waals surface area (Å²) in [5.74, 6) is 0.765. The molecule has 38 heavy (non-hydrogen) atoms. The summed E-state index contributed by atoms with van der Waals surface area (Å²) >= 11 is 0. The summed E-state index contributed by atoms with van der Waals surface area (Å²) in [5.41, 5.74) is 4.95. The maximum Gasteiger partial charge on any atom is 0.120 e. The van der Waals surface area contributed by atoms with Gasteiger partial charge in [-0.3, -0.25) is 0 Å². The number of nitrogens with zero attached hydrogens (tertiary/aromatic N) is 2. The van der Waals surface area contributed by atoms with Crippen LogP contribution in [0.15, 0.2) is 102 Å². The molecular formula is C34H28IrN2O-2. The van der Waals surface area contributed by atoms with E-state index in [1.54, 1.807) is 6.07 Å². The van der Waals surface area contributed by atoms with Crippen LogP contribution in [-0.2, 0) is 20.1 Å². The molecule has 0 atom stereocenters. The van der Waals surface area contributed by atoms with Crippen molar-refractivity contribution in [3.8, 4) is 22.5 Å².